The summed E-state index contributed by atoms with van der Waals surface area (Å²) in [5.74, 6) is -1.27. The Hall–Kier alpha value is -2.82. The van der Waals surface area contributed by atoms with Crippen molar-refractivity contribution in [2.75, 3.05) is 13.1 Å². The second-order valence-electron chi connectivity index (χ2n) is 9.52. The van der Waals surface area contributed by atoms with Gasteiger partial charge in [0.2, 0.25) is 5.91 Å². The van der Waals surface area contributed by atoms with Gasteiger partial charge in [-0.2, -0.15) is 13.2 Å². The molecular weight excluding hydrogens is 577 g/mol. The molecule has 0 bridgehead atoms. The zero-order valence-electron chi connectivity index (χ0n) is 20.2. The second kappa shape index (κ2) is 10.6. The number of alkyl halides is 3. The molecule has 2 amide bonds. The minimum Gasteiger partial charge on any atom is -0.354 e. The van der Waals surface area contributed by atoms with Crippen LogP contribution < -0.4 is 10.6 Å². The quantitative estimate of drug-likeness (QED) is 0.178. The molecule has 2 N–H and O–H groups in total. The Balaban J connectivity index is 1.43. The maximum atomic E-state index is 14.5. The van der Waals surface area contributed by atoms with E-state index in [0.29, 0.717) is 40.7 Å². The Morgan fingerprint density at radius 3 is 2.33 bits per heavy atom. The van der Waals surface area contributed by atoms with Gasteiger partial charge in [-0.15, -0.1) is 0 Å². The fourth-order valence-electron chi connectivity index (χ4n) is 4.48. The minimum atomic E-state index is -4.77. The van der Waals surface area contributed by atoms with Crippen molar-refractivity contribution in [3.8, 4) is 0 Å². The Morgan fingerprint density at radius 2 is 1.69 bits per heavy atom. The van der Waals surface area contributed by atoms with Gasteiger partial charge < -0.3 is 10.6 Å². The molecule has 12 heteroatoms. The first-order chi connectivity index (χ1) is 18.5. The average Bonchev–Trinajstić information content (AvgIpc) is 3.62. The third-order valence-corrected chi connectivity index (χ3v) is 8.59. The molecule has 1 aliphatic heterocycles. The number of amides is 2. The number of halogens is 6. The topological polar surface area (TPSA) is 70.6 Å². The molecule has 1 atom stereocenters. The maximum Gasteiger partial charge on any atom is 0.409 e. The summed E-state index contributed by atoms with van der Waals surface area (Å²) >= 11 is 12.0. The number of nitrogens with one attached hydrogen (secondary N) is 2. The molecule has 1 fully saturated rings. The fourth-order valence-corrected chi connectivity index (χ4v) is 5.93. The molecular formula is C27H21Cl2F4N3O2S. The number of nitrogens with zero attached hydrogens (tertiary/aromatic N) is 1. The molecule has 1 heterocycles. The fraction of sp³-hybridized carbons (Fsp3) is 0.296. The molecule has 3 aromatic rings. The van der Waals surface area contributed by atoms with Crippen molar-refractivity contribution in [2.24, 2.45) is 10.3 Å². The largest absolute Gasteiger partial charge is 0.409 e. The van der Waals surface area contributed by atoms with Gasteiger partial charge in [0.25, 0.3) is 5.91 Å². The van der Waals surface area contributed by atoms with E-state index in [2.05, 4.69) is 15.0 Å². The molecule has 0 spiro atoms. The molecule has 2 aliphatic rings. The lowest BCUT2D eigenvalue weighted by molar-refractivity contribution is -0.159. The van der Waals surface area contributed by atoms with Gasteiger partial charge in [-0.05, 0) is 65.2 Å². The van der Waals surface area contributed by atoms with Crippen LogP contribution >= 0.6 is 35.1 Å². The number of hydrogen-bond donors (Lipinski definition) is 2. The highest BCUT2D eigenvalue weighted by atomic mass is 35.5. The number of benzene rings is 3. The SMILES string of the molecule is O=C(CNC(=O)c1ccc(C2=NSC(c3cc(Cl)c(F)c(Cl)c3)(C(F)(F)F)C2)c2ccccc12)NCC1CC1. The first-order valence-corrected chi connectivity index (χ1v) is 13.6. The van der Waals surface area contributed by atoms with E-state index < -0.39 is 39.1 Å². The van der Waals surface area contributed by atoms with Gasteiger partial charge in [0, 0.05) is 24.1 Å². The van der Waals surface area contributed by atoms with E-state index in [0.717, 1.165) is 25.0 Å². The molecule has 1 unspecified atom stereocenters. The van der Waals surface area contributed by atoms with Gasteiger partial charge in [0.1, 0.15) is 0 Å². The summed E-state index contributed by atoms with van der Waals surface area (Å²) < 4.78 is 59.2. The van der Waals surface area contributed by atoms with E-state index in [-0.39, 0.29) is 29.3 Å². The average molecular weight is 598 g/mol. The first kappa shape index (κ1) is 27.7. The van der Waals surface area contributed by atoms with E-state index in [4.69, 9.17) is 23.2 Å². The number of carbonyl (C=O) groups excluding carboxylic acids is 2. The van der Waals surface area contributed by atoms with Gasteiger partial charge in [-0.25, -0.2) is 8.79 Å². The van der Waals surface area contributed by atoms with Crippen molar-refractivity contribution < 1.29 is 27.2 Å². The Labute approximate surface area is 235 Å². The highest BCUT2D eigenvalue weighted by molar-refractivity contribution is 7.99. The van der Waals surface area contributed by atoms with Crippen molar-refractivity contribution in [3.05, 3.63) is 81.1 Å². The summed E-state index contributed by atoms with van der Waals surface area (Å²) in [6, 6.07) is 11.7. The third kappa shape index (κ3) is 5.47. The van der Waals surface area contributed by atoms with Gasteiger partial charge >= 0.3 is 6.18 Å². The van der Waals surface area contributed by atoms with Gasteiger partial charge in [-0.1, -0.05) is 53.5 Å². The lowest BCUT2D eigenvalue weighted by Gasteiger charge is -2.30. The van der Waals surface area contributed by atoms with Crippen LogP contribution in [0, 0.1) is 11.7 Å². The van der Waals surface area contributed by atoms with Gasteiger partial charge in [-0.3, -0.25) is 9.59 Å². The predicted octanol–water partition coefficient (Wildman–Crippen LogP) is 6.84. The summed E-state index contributed by atoms with van der Waals surface area (Å²) in [7, 11) is 0. The van der Waals surface area contributed by atoms with Crippen LogP contribution in [0.2, 0.25) is 10.0 Å². The molecule has 5 rings (SSSR count). The molecule has 204 valence electrons. The van der Waals surface area contributed by atoms with Crippen LogP contribution in [-0.4, -0.2) is 36.8 Å². The van der Waals surface area contributed by atoms with Gasteiger partial charge in [0.05, 0.1) is 22.3 Å². The van der Waals surface area contributed by atoms with Crippen LogP contribution in [0.25, 0.3) is 10.8 Å². The molecule has 0 radical (unpaired) electrons. The molecule has 3 aromatic carbocycles. The van der Waals surface area contributed by atoms with Crippen molar-refractivity contribution >= 4 is 63.4 Å². The first-order valence-electron chi connectivity index (χ1n) is 12.0. The zero-order valence-corrected chi connectivity index (χ0v) is 22.5. The summed E-state index contributed by atoms with van der Waals surface area (Å²) in [5, 5.41) is 5.37. The van der Waals surface area contributed by atoms with Crippen molar-refractivity contribution in [1.82, 2.24) is 10.6 Å². The summed E-state index contributed by atoms with van der Waals surface area (Å²) in [6.45, 7) is 0.393. The lowest BCUT2D eigenvalue weighted by Crippen LogP contribution is -2.38. The standard InChI is InChI=1S/C27H21Cl2F4N3O2S/c28-20-9-15(10-21(29)24(20)30)26(27(31,32)33)11-22(36-39-26)18-7-8-19(17-4-2-1-3-16(17)18)25(38)35-13-23(37)34-12-14-5-6-14/h1-4,7-10,14H,5-6,11-13H2,(H,34,37)(H,35,38). The maximum absolute atomic E-state index is 14.5. The number of hydrogen-bond acceptors (Lipinski definition) is 4. The van der Waals surface area contributed by atoms with E-state index in [1.807, 2.05) is 0 Å². The predicted molar refractivity (Wildman–Crippen MR) is 145 cm³/mol. The summed E-state index contributed by atoms with van der Waals surface area (Å²) in [6.07, 6.45) is -3.16. The Bertz CT molecular complexity index is 1490. The van der Waals surface area contributed by atoms with Crippen LogP contribution in [-0.2, 0) is 9.54 Å². The molecule has 39 heavy (non-hydrogen) atoms. The normalized spacial score (nSPS) is 19.2. The van der Waals surface area contributed by atoms with Crippen molar-refractivity contribution in [3.63, 3.8) is 0 Å². The van der Waals surface area contributed by atoms with Crippen LogP contribution in [0.4, 0.5) is 17.6 Å². The minimum absolute atomic E-state index is 0.150. The van der Waals surface area contributed by atoms with Crippen LogP contribution in [0.1, 0.15) is 40.7 Å². The number of fused-ring (bicyclic) bond motifs is 1. The Morgan fingerprint density at radius 1 is 1.03 bits per heavy atom. The van der Waals surface area contributed by atoms with E-state index in [1.54, 1.807) is 30.3 Å². The smallest absolute Gasteiger partial charge is 0.354 e. The van der Waals surface area contributed by atoms with E-state index >= 15 is 0 Å². The number of carbonyl (C=O) groups is 2. The van der Waals surface area contributed by atoms with Crippen LogP contribution in [0.3, 0.4) is 0 Å². The summed E-state index contributed by atoms with van der Waals surface area (Å²) in [5.41, 5.74) is 0.531. The zero-order chi connectivity index (χ0) is 27.9. The van der Waals surface area contributed by atoms with Crippen LogP contribution in [0.15, 0.2) is 52.9 Å². The van der Waals surface area contributed by atoms with Crippen molar-refractivity contribution in [2.45, 2.75) is 30.2 Å². The molecule has 1 saturated carbocycles. The lowest BCUT2D eigenvalue weighted by atomic mass is 9.87. The monoisotopic (exact) mass is 597 g/mol. The molecule has 5 nitrogen and oxygen atoms in total. The Kier molecular flexibility index (Phi) is 7.56. The third-order valence-electron chi connectivity index (χ3n) is 6.81. The number of rotatable bonds is 7. The molecule has 0 aromatic heterocycles. The highest BCUT2D eigenvalue weighted by Gasteiger charge is 2.60. The van der Waals surface area contributed by atoms with E-state index in [1.165, 1.54) is 6.07 Å². The molecule has 1 aliphatic carbocycles. The second-order valence-corrected chi connectivity index (χ2v) is 11.4. The van der Waals surface area contributed by atoms with E-state index in [9.17, 15) is 27.2 Å². The van der Waals surface area contributed by atoms with Crippen molar-refractivity contribution in [1.29, 1.82) is 0 Å². The molecule has 0 saturated heterocycles. The van der Waals surface area contributed by atoms with Gasteiger partial charge in [0.15, 0.2) is 10.6 Å². The van der Waals surface area contributed by atoms with Crippen LogP contribution in [0.5, 0.6) is 0 Å². The highest BCUT2D eigenvalue weighted by Crippen LogP contribution is 2.57. The summed E-state index contributed by atoms with van der Waals surface area (Å²) in [4.78, 5) is 25.0.